The number of amides is 1. The number of rotatable bonds is 11. The van der Waals surface area contributed by atoms with Crippen LogP contribution in [-0.2, 0) is 11.2 Å². The predicted octanol–water partition coefficient (Wildman–Crippen LogP) is 5.88. The van der Waals surface area contributed by atoms with Gasteiger partial charge < -0.3 is 4.74 Å². The molecule has 1 amide bonds. The molecule has 0 saturated heterocycles. The Bertz CT molecular complexity index is 976. The van der Waals surface area contributed by atoms with E-state index in [0.29, 0.717) is 6.61 Å². The van der Waals surface area contributed by atoms with Crippen LogP contribution in [0.3, 0.4) is 0 Å². The van der Waals surface area contributed by atoms with Crippen LogP contribution in [0.4, 0.5) is 0 Å². The maximum Gasteiger partial charge on any atom is 0.244 e. The summed E-state index contributed by atoms with van der Waals surface area (Å²) >= 11 is 0. The van der Waals surface area contributed by atoms with E-state index in [1.54, 1.807) is 6.21 Å². The van der Waals surface area contributed by atoms with Crippen molar-refractivity contribution in [1.82, 2.24) is 5.43 Å². The van der Waals surface area contributed by atoms with Gasteiger partial charge in [0.05, 0.1) is 19.2 Å². The van der Waals surface area contributed by atoms with Crippen molar-refractivity contribution >= 4 is 22.9 Å². The lowest BCUT2D eigenvalue weighted by Gasteiger charge is -2.09. The van der Waals surface area contributed by atoms with Gasteiger partial charge in [-0.1, -0.05) is 87.2 Å². The van der Waals surface area contributed by atoms with Gasteiger partial charge in [0.15, 0.2) is 0 Å². The summed E-state index contributed by atoms with van der Waals surface area (Å²) in [5.74, 6) is 0.650. The number of nitrogens with one attached hydrogen (secondary N) is 1. The van der Waals surface area contributed by atoms with Crippen LogP contribution in [0.2, 0.25) is 0 Å². The Labute approximate surface area is 179 Å². The van der Waals surface area contributed by atoms with E-state index >= 15 is 0 Å². The van der Waals surface area contributed by atoms with Gasteiger partial charge in [0.2, 0.25) is 5.91 Å². The topological polar surface area (TPSA) is 50.7 Å². The Morgan fingerprint density at radius 3 is 2.60 bits per heavy atom. The second-order valence-corrected chi connectivity index (χ2v) is 7.41. The Morgan fingerprint density at radius 1 is 0.933 bits per heavy atom. The normalized spacial score (nSPS) is 11.1. The fourth-order valence-corrected chi connectivity index (χ4v) is 3.44. The molecule has 0 aliphatic rings. The first-order chi connectivity index (χ1) is 14.8. The summed E-state index contributed by atoms with van der Waals surface area (Å²) in [4.78, 5) is 12.4. The minimum atomic E-state index is -0.142. The van der Waals surface area contributed by atoms with Crippen LogP contribution in [0.25, 0.3) is 10.8 Å². The van der Waals surface area contributed by atoms with Crippen LogP contribution < -0.4 is 10.2 Å². The molecule has 0 atom stereocenters. The number of fused-ring (bicyclic) bond motifs is 1. The van der Waals surface area contributed by atoms with E-state index in [9.17, 15) is 4.79 Å². The van der Waals surface area contributed by atoms with E-state index in [0.717, 1.165) is 34.1 Å². The Kier molecular flexibility index (Phi) is 8.46. The molecule has 30 heavy (non-hydrogen) atoms. The van der Waals surface area contributed by atoms with Gasteiger partial charge in [0.1, 0.15) is 5.75 Å². The standard InChI is InChI=1S/C26H30N2O2/c1-2-3-4-5-10-18-30-25-17-9-7-13-23(25)20-27-28-26(29)19-22-15-11-14-21-12-6-8-16-24(21)22/h6-9,11-17,20H,2-5,10,18-19H2,1H3,(H,28,29). The third-order valence-electron chi connectivity index (χ3n) is 5.05. The number of para-hydroxylation sites is 1. The van der Waals surface area contributed by atoms with Gasteiger partial charge in [-0.15, -0.1) is 0 Å². The summed E-state index contributed by atoms with van der Waals surface area (Å²) in [6, 6.07) is 21.8. The molecule has 156 valence electrons. The number of hydrogen-bond acceptors (Lipinski definition) is 3. The SMILES string of the molecule is CCCCCCCOc1ccccc1C=NNC(=O)Cc1cccc2ccccc12. The summed E-state index contributed by atoms with van der Waals surface area (Å²) in [5, 5.41) is 6.37. The first-order valence-electron chi connectivity index (χ1n) is 10.8. The first kappa shape index (κ1) is 21.6. The van der Waals surface area contributed by atoms with Crippen molar-refractivity contribution in [2.24, 2.45) is 5.10 Å². The van der Waals surface area contributed by atoms with Crippen LogP contribution in [0, 0.1) is 0 Å². The summed E-state index contributed by atoms with van der Waals surface area (Å²) in [7, 11) is 0. The van der Waals surface area contributed by atoms with Crippen molar-refractivity contribution in [3.63, 3.8) is 0 Å². The molecule has 0 aliphatic heterocycles. The molecule has 0 unspecified atom stereocenters. The molecule has 4 heteroatoms. The van der Waals surface area contributed by atoms with E-state index in [2.05, 4.69) is 29.6 Å². The monoisotopic (exact) mass is 402 g/mol. The lowest BCUT2D eigenvalue weighted by Crippen LogP contribution is -2.20. The zero-order valence-electron chi connectivity index (χ0n) is 17.6. The highest BCUT2D eigenvalue weighted by Gasteiger charge is 2.06. The molecule has 0 bridgehead atoms. The number of ether oxygens (including phenoxy) is 1. The van der Waals surface area contributed by atoms with Crippen molar-refractivity contribution in [2.45, 2.75) is 45.4 Å². The third kappa shape index (κ3) is 6.45. The van der Waals surface area contributed by atoms with Gasteiger partial charge in [-0.3, -0.25) is 4.79 Å². The van der Waals surface area contributed by atoms with Crippen molar-refractivity contribution in [1.29, 1.82) is 0 Å². The highest BCUT2D eigenvalue weighted by molar-refractivity contribution is 5.91. The molecular formula is C26H30N2O2. The van der Waals surface area contributed by atoms with Crippen molar-refractivity contribution < 1.29 is 9.53 Å². The largest absolute Gasteiger partial charge is 0.493 e. The van der Waals surface area contributed by atoms with E-state index in [4.69, 9.17) is 4.74 Å². The van der Waals surface area contributed by atoms with Crippen molar-refractivity contribution in [3.8, 4) is 5.75 Å². The average Bonchev–Trinajstić information content (AvgIpc) is 2.77. The lowest BCUT2D eigenvalue weighted by atomic mass is 10.0. The zero-order chi connectivity index (χ0) is 21.0. The quantitative estimate of drug-likeness (QED) is 0.247. The van der Waals surface area contributed by atoms with Crippen LogP contribution >= 0.6 is 0 Å². The fraction of sp³-hybridized carbons (Fsp3) is 0.308. The molecule has 0 radical (unpaired) electrons. The second-order valence-electron chi connectivity index (χ2n) is 7.41. The minimum absolute atomic E-state index is 0.142. The summed E-state index contributed by atoms with van der Waals surface area (Å²) in [6.07, 6.45) is 7.95. The van der Waals surface area contributed by atoms with Crippen molar-refractivity contribution in [3.05, 3.63) is 77.9 Å². The highest BCUT2D eigenvalue weighted by atomic mass is 16.5. The van der Waals surface area contributed by atoms with Crippen LogP contribution in [0.1, 0.15) is 50.2 Å². The molecule has 3 rings (SSSR count). The van der Waals surface area contributed by atoms with Crippen LogP contribution in [0.15, 0.2) is 71.8 Å². The molecule has 0 saturated carbocycles. The molecule has 0 spiro atoms. The fourth-order valence-electron chi connectivity index (χ4n) is 3.44. The third-order valence-corrected chi connectivity index (χ3v) is 5.05. The number of nitrogens with zero attached hydrogens (tertiary/aromatic N) is 1. The lowest BCUT2D eigenvalue weighted by molar-refractivity contribution is -0.120. The molecule has 3 aromatic carbocycles. The molecule has 0 heterocycles. The Balaban J connectivity index is 1.53. The van der Waals surface area contributed by atoms with Gasteiger partial charge in [-0.05, 0) is 34.9 Å². The van der Waals surface area contributed by atoms with E-state index in [1.165, 1.54) is 25.7 Å². The molecule has 0 aliphatic carbocycles. The van der Waals surface area contributed by atoms with Gasteiger partial charge in [0, 0.05) is 5.56 Å². The second kappa shape index (κ2) is 11.8. The first-order valence-corrected chi connectivity index (χ1v) is 10.8. The van der Waals surface area contributed by atoms with Gasteiger partial charge >= 0.3 is 0 Å². The Morgan fingerprint density at radius 2 is 1.70 bits per heavy atom. The maximum atomic E-state index is 12.4. The van der Waals surface area contributed by atoms with E-state index < -0.39 is 0 Å². The average molecular weight is 403 g/mol. The number of carbonyl (C=O) groups is 1. The zero-order valence-corrected chi connectivity index (χ0v) is 17.6. The van der Waals surface area contributed by atoms with E-state index in [1.807, 2.05) is 54.6 Å². The van der Waals surface area contributed by atoms with E-state index in [-0.39, 0.29) is 12.3 Å². The molecule has 0 aromatic heterocycles. The number of benzene rings is 3. The van der Waals surface area contributed by atoms with Crippen LogP contribution in [-0.4, -0.2) is 18.7 Å². The van der Waals surface area contributed by atoms with Crippen molar-refractivity contribution in [2.75, 3.05) is 6.61 Å². The maximum absolute atomic E-state index is 12.4. The summed E-state index contributed by atoms with van der Waals surface area (Å²) in [5.41, 5.74) is 4.49. The number of hydrogen-bond donors (Lipinski definition) is 1. The van der Waals surface area contributed by atoms with Gasteiger partial charge in [-0.2, -0.15) is 5.10 Å². The number of unbranched alkanes of at least 4 members (excludes halogenated alkanes) is 4. The molecule has 3 aromatic rings. The Hall–Kier alpha value is -3.14. The smallest absolute Gasteiger partial charge is 0.244 e. The van der Waals surface area contributed by atoms with Gasteiger partial charge in [-0.25, -0.2) is 5.43 Å². The van der Waals surface area contributed by atoms with Crippen LogP contribution in [0.5, 0.6) is 5.75 Å². The predicted molar refractivity (Wildman–Crippen MR) is 124 cm³/mol. The molecule has 0 fully saturated rings. The summed E-state index contributed by atoms with van der Waals surface area (Å²) in [6.45, 7) is 2.91. The molecule has 4 nitrogen and oxygen atoms in total. The number of carbonyl (C=O) groups excluding carboxylic acids is 1. The highest BCUT2D eigenvalue weighted by Crippen LogP contribution is 2.19. The molecular weight excluding hydrogens is 372 g/mol. The van der Waals surface area contributed by atoms with Gasteiger partial charge in [0.25, 0.3) is 0 Å². The number of hydrazone groups is 1. The minimum Gasteiger partial charge on any atom is -0.493 e. The molecule has 1 N–H and O–H groups in total. The summed E-state index contributed by atoms with van der Waals surface area (Å²) < 4.78 is 5.91.